The lowest BCUT2D eigenvalue weighted by molar-refractivity contribution is -0.139. The van der Waals surface area contributed by atoms with E-state index < -0.39 is 28.5 Å². The molecule has 0 saturated heterocycles. The SMILES string of the molecule is CNC(=O)C(C)N(Cc1cccc(Cl)c1)C(=O)CN(c1ccc(C)c(C)c1)S(C)(=O)=O. The Balaban J connectivity index is 2.40. The second-order valence-corrected chi connectivity index (χ2v) is 9.82. The number of sulfonamides is 1. The predicted molar refractivity (Wildman–Crippen MR) is 124 cm³/mol. The number of hydrogen-bond acceptors (Lipinski definition) is 4. The van der Waals surface area contributed by atoms with E-state index in [-0.39, 0.29) is 12.5 Å². The van der Waals surface area contributed by atoms with E-state index in [0.717, 1.165) is 27.3 Å². The number of benzene rings is 2. The molecular weight excluding hydrogens is 438 g/mol. The van der Waals surface area contributed by atoms with E-state index in [4.69, 9.17) is 11.6 Å². The van der Waals surface area contributed by atoms with Crippen molar-refractivity contribution >= 4 is 39.1 Å². The summed E-state index contributed by atoms with van der Waals surface area (Å²) >= 11 is 6.06. The molecule has 0 radical (unpaired) electrons. The van der Waals surface area contributed by atoms with Crippen LogP contribution in [0.4, 0.5) is 5.69 Å². The van der Waals surface area contributed by atoms with E-state index in [9.17, 15) is 18.0 Å². The fraction of sp³-hybridized carbons (Fsp3) is 0.364. The molecule has 0 aliphatic carbocycles. The van der Waals surface area contributed by atoms with Crippen molar-refractivity contribution in [3.8, 4) is 0 Å². The summed E-state index contributed by atoms with van der Waals surface area (Å²) in [6.45, 7) is 5.08. The van der Waals surface area contributed by atoms with Gasteiger partial charge in [-0.15, -0.1) is 0 Å². The summed E-state index contributed by atoms with van der Waals surface area (Å²) in [6, 6.07) is 11.4. The number of anilines is 1. The van der Waals surface area contributed by atoms with Gasteiger partial charge in [0.05, 0.1) is 11.9 Å². The molecule has 31 heavy (non-hydrogen) atoms. The Morgan fingerprint density at radius 3 is 2.32 bits per heavy atom. The standard InChI is InChI=1S/C22H28ClN3O4S/c1-15-9-10-20(11-16(15)2)26(31(5,29)30)14-21(27)25(17(3)22(28)24-4)13-18-7-6-8-19(23)12-18/h6-12,17H,13-14H2,1-5H3,(H,24,28). The number of halogens is 1. The highest BCUT2D eigenvalue weighted by atomic mass is 35.5. The third-order valence-electron chi connectivity index (χ3n) is 5.11. The molecule has 0 aromatic heterocycles. The first kappa shape index (κ1) is 24.7. The van der Waals surface area contributed by atoms with Crippen molar-refractivity contribution < 1.29 is 18.0 Å². The molecule has 0 aliphatic heterocycles. The molecule has 1 atom stereocenters. The smallest absolute Gasteiger partial charge is 0.244 e. The van der Waals surface area contributed by atoms with Gasteiger partial charge in [0.25, 0.3) is 0 Å². The molecule has 1 unspecified atom stereocenters. The molecule has 0 heterocycles. The van der Waals surface area contributed by atoms with E-state index in [2.05, 4.69) is 5.32 Å². The van der Waals surface area contributed by atoms with Gasteiger partial charge in [-0.25, -0.2) is 8.42 Å². The van der Waals surface area contributed by atoms with Crippen LogP contribution in [0.15, 0.2) is 42.5 Å². The molecule has 1 N–H and O–H groups in total. The van der Waals surface area contributed by atoms with E-state index in [1.54, 1.807) is 43.3 Å². The Bertz CT molecular complexity index is 1070. The molecule has 2 amide bonds. The molecule has 0 aliphatic rings. The lowest BCUT2D eigenvalue weighted by Crippen LogP contribution is -2.50. The number of hydrogen-bond donors (Lipinski definition) is 1. The lowest BCUT2D eigenvalue weighted by atomic mass is 10.1. The van der Waals surface area contributed by atoms with Gasteiger partial charge in [0.15, 0.2) is 0 Å². The lowest BCUT2D eigenvalue weighted by Gasteiger charge is -2.31. The molecule has 9 heteroatoms. The van der Waals surface area contributed by atoms with Crippen LogP contribution in [0.3, 0.4) is 0 Å². The Morgan fingerprint density at radius 1 is 1.10 bits per heavy atom. The highest BCUT2D eigenvalue weighted by Gasteiger charge is 2.29. The van der Waals surface area contributed by atoms with Gasteiger partial charge in [0.2, 0.25) is 21.8 Å². The van der Waals surface area contributed by atoms with Crippen LogP contribution < -0.4 is 9.62 Å². The predicted octanol–water partition coefficient (Wildman–Crippen LogP) is 2.89. The fourth-order valence-electron chi connectivity index (χ4n) is 3.12. The summed E-state index contributed by atoms with van der Waals surface area (Å²) in [5, 5.41) is 3.04. The largest absolute Gasteiger partial charge is 0.357 e. The van der Waals surface area contributed by atoms with Gasteiger partial charge in [-0.3, -0.25) is 13.9 Å². The molecular formula is C22H28ClN3O4S. The van der Waals surface area contributed by atoms with Crippen molar-refractivity contribution in [1.82, 2.24) is 10.2 Å². The van der Waals surface area contributed by atoms with Crippen LogP contribution in [0.5, 0.6) is 0 Å². The van der Waals surface area contributed by atoms with E-state index in [1.165, 1.54) is 11.9 Å². The zero-order valence-corrected chi connectivity index (χ0v) is 19.9. The number of rotatable bonds is 8. The monoisotopic (exact) mass is 465 g/mol. The normalized spacial score (nSPS) is 12.2. The maximum Gasteiger partial charge on any atom is 0.244 e. The zero-order valence-electron chi connectivity index (χ0n) is 18.3. The summed E-state index contributed by atoms with van der Waals surface area (Å²) in [5.41, 5.74) is 3.05. The van der Waals surface area contributed by atoms with Crippen LogP contribution >= 0.6 is 11.6 Å². The number of carbonyl (C=O) groups is 2. The molecule has 0 bridgehead atoms. The molecule has 0 saturated carbocycles. The van der Waals surface area contributed by atoms with Crippen molar-refractivity contribution in [2.45, 2.75) is 33.4 Å². The Hall–Kier alpha value is -2.58. The first-order valence-corrected chi connectivity index (χ1v) is 12.0. The van der Waals surface area contributed by atoms with E-state index >= 15 is 0 Å². The van der Waals surface area contributed by atoms with Crippen molar-refractivity contribution in [2.75, 3.05) is 24.2 Å². The Labute approximate surface area is 189 Å². The topological polar surface area (TPSA) is 86.8 Å². The van der Waals surface area contributed by atoms with Crippen molar-refractivity contribution in [1.29, 1.82) is 0 Å². The number of nitrogens with one attached hydrogen (secondary N) is 1. The van der Waals surface area contributed by atoms with Crippen molar-refractivity contribution in [3.05, 3.63) is 64.2 Å². The highest BCUT2D eigenvalue weighted by molar-refractivity contribution is 7.92. The molecule has 0 spiro atoms. The summed E-state index contributed by atoms with van der Waals surface area (Å²) in [6.07, 6.45) is 1.05. The van der Waals surface area contributed by atoms with Gasteiger partial charge in [0, 0.05) is 18.6 Å². The average Bonchev–Trinajstić information content (AvgIpc) is 2.70. The van der Waals surface area contributed by atoms with Gasteiger partial charge < -0.3 is 10.2 Å². The van der Waals surface area contributed by atoms with Gasteiger partial charge in [0.1, 0.15) is 12.6 Å². The number of amides is 2. The van der Waals surface area contributed by atoms with Crippen molar-refractivity contribution in [3.63, 3.8) is 0 Å². The third-order valence-corrected chi connectivity index (χ3v) is 6.49. The second kappa shape index (κ2) is 10.2. The van der Waals surface area contributed by atoms with Crippen LogP contribution in [-0.4, -0.2) is 51.0 Å². The van der Waals surface area contributed by atoms with Crippen molar-refractivity contribution in [2.24, 2.45) is 0 Å². The minimum absolute atomic E-state index is 0.110. The summed E-state index contributed by atoms with van der Waals surface area (Å²) in [5.74, 6) is -0.854. The fourth-order valence-corrected chi connectivity index (χ4v) is 4.17. The first-order chi connectivity index (χ1) is 14.4. The van der Waals surface area contributed by atoms with Gasteiger partial charge in [-0.2, -0.15) is 0 Å². The van der Waals surface area contributed by atoms with Gasteiger partial charge in [-0.05, 0) is 61.7 Å². The maximum absolute atomic E-state index is 13.3. The quantitative estimate of drug-likeness (QED) is 0.649. The molecule has 2 aromatic carbocycles. The van der Waals surface area contributed by atoms with Crippen LogP contribution in [-0.2, 0) is 26.2 Å². The maximum atomic E-state index is 13.3. The van der Waals surface area contributed by atoms with E-state index in [1.807, 2.05) is 19.9 Å². The average molecular weight is 466 g/mol. The summed E-state index contributed by atoms with van der Waals surface area (Å²) < 4.78 is 26.1. The minimum atomic E-state index is -3.74. The Kier molecular flexibility index (Phi) is 8.08. The van der Waals surface area contributed by atoms with Crippen LogP contribution in [0.25, 0.3) is 0 Å². The molecule has 7 nitrogen and oxygen atoms in total. The van der Waals surface area contributed by atoms with Gasteiger partial charge >= 0.3 is 0 Å². The van der Waals surface area contributed by atoms with Gasteiger partial charge in [-0.1, -0.05) is 29.8 Å². The van der Waals surface area contributed by atoms with Crippen LogP contribution in [0.2, 0.25) is 5.02 Å². The highest BCUT2D eigenvalue weighted by Crippen LogP contribution is 2.22. The number of nitrogens with zero attached hydrogens (tertiary/aromatic N) is 2. The Morgan fingerprint density at radius 2 is 1.77 bits per heavy atom. The third kappa shape index (κ3) is 6.45. The zero-order chi connectivity index (χ0) is 23.3. The second-order valence-electron chi connectivity index (χ2n) is 7.48. The molecule has 0 fully saturated rings. The number of likely N-dealkylation sites (N-methyl/N-ethyl adjacent to an activating group) is 1. The molecule has 2 rings (SSSR count). The number of carbonyl (C=O) groups excluding carboxylic acids is 2. The minimum Gasteiger partial charge on any atom is -0.357 e. The van der Waals surface area contributed by atoms with Crippen LogP contribution in [0, 0.1) is 13.8 Å². The summed E-state index contributed by atoms with van der Waals surface area (Å²) in [7, 11) is -2.26. The number of aryl methyl sites for hydroxylation is 2. The van der Waals surface area contributed by atoms with E-state index in [0.29, 0.717) is 10.7 Å². The van der Waals surface area contributed by atoms with Crippen LogP contribution in [0.1, 0.15) is 23.6 Å². The molecule has 2 aromatic rings. The first-order valence-electron chi connectivity index (χ1n) is 9.74. The molecule has 168 valence electrons. The summed E-state index contributed by atoms with van der Waals surface area (Å²) in [4.78, 5) is 26.9.